The number of pyridine rings is 1. The number of amides is 1. The molecule has 1 aromatic rings. The van der Waals surface area contributed by atoms with Gasteiger partial charge in [-0.15, -0.1) is 0 Å². The van der Waals surface area contributed by atoms with Gasteiger partial charge in [0.25, 0.3) is 5.91 Å². The molecule has 1 amide bonds. The molecule has 2 heterocycles. The molecule has 98 valence electrons. The molecule has 1 fully saturated rings. The summed E-state index contributed by atoms with van der Waals surface area (Å²) in [4.78, 5) is 17.5. The van der Waals surface area contributed by atoms with E-state index in [1.165, 1.54) is 12.3 Å². The van der Waals surface area contributed by atoms with Gasteiger partial charge in [-0.25, -0.2) is 4.39 Å². The van der Waals surface area contributed by atoms with Crippen molar-refractivity contribution in [1.29, 1.82) is 0 Å². The lowest BCUT2D eigenvalue weighted by Crippen LogP contribution is -2.43. The topological polar surface area (TPSA) is 42.4 Å². The minimum atomic E-state index is -0.568. The van der Waals surface area contributed by atoms with Gasteiger partial charge in [0.1, 0.15) is 0 Å². The molecule has 4 nitrogen and oxygen atoms in total. The van der Waals surface area contributed by atoms with E-state index >= 15 is 0 Å². The van der Waals surface area contributed by atoms with Crippen LogP contribution in [0.1, 0.15) is 30.1 Å². The van der Waals surface area contributed by atoms with E-state index in [9.17, 15) is 9.18 Å². The van der Waals surface area contributed by atoms with E-state index in [-0.39, 0.29) is 17.6 Å². The van der Waals surface area contributed by atoms with Gasteiger partial charge in [-0.05, 0) is 25.8 Å². The maximum absolute atomic E-state index is 13.5. The molecule has 2 rings (SSSR count). The molecule has 1 aliphatic rings. The molecule has 1 atom stereocenters. The largest absolute Gasteiger partial charge is 0.377 e. The van der Waals surface area contributed by atoms with Crippen molar-refractivity contribution in [1.82, 2.24) is 9.88 Å². The van der Waals surface area contributed by atoms with Crippen LogP contribution in [0.3, 0.4) is 0 Å². The van der Waals surface area contributed by atoms with Crippen LogP contribution in [0, 0.1) is 5.82 Å². The number of hydrogen-bond acceptors (Lipinski definition) is 3. The maximum atomic E-state index is 13.5. The first-order valence-electron chi connectivity index (χ1n) is 6.22. The first-order chi connectivity index (χ1) is 8.72. The van der Waals surface area contributed by atoms with Crippen LogP contribution in [0.2, 0.25) is 0 Å². The Morgan fingerprint density at radius 2 is 2.50 bits per heavy atom. The van der Waals surface area contributed by atoms with Crippen molar-refractivity contribution in [3.05, 3.63) is 29.8 Å². The number of carbonyl (C=O) groups is 1. The zero-order valence-corrected chi connectivity index (χ0v) is 10.4. The van der Waals surface area contributed by atoms with Crippen molar-refractivity contribution in [2.24, 2.45) is 0 Å². The lowest BCUT2D eigenvalue weighted by atomic mass is 10.1. The summed E-state index contributed by atoms with van der Waals surface area (Å²) in [6.07, 6.45) is 4.41. The molecule has 1 aromatic heterocycles. The molecule has 0 aromatic carbocycles. The third kappa shape index (κ3) is 2.85. The number of aromatic nitrogens is 1. The summed E-state index contributed by atoms with van der Waals surface area (Å²) in [7, 11) is 0. The average molecular weight is 252 g/mol. The minimum Gasteiger partial charge on any atom is -0.377 e. The quantitative estimate of drug-likeness (QED) is 0.824. The number of carbonyl (C=O) groups excluding carboxylic acids is 1. The van der Waals surface area contributed by atoms with E-state index in [0.29, 0.717) is 19.7 Å². The Balaban J connectivity index is 2.07. The summed E-state index contributed by atoms with van der Waals surface area (Å²) < 4.78 is 19.0. The normalized spacial score (nSPS) is 19.9. The lowest BCUT2D eigenvalue weighted by molar-refractivity contribution is 0.00707. The van der Waals surface area contributed by atoms with E-state index in [1.807, 2.05) is 6.92 Å². The van der Waals surface area contributed by atoms with Crippen LogP contribution in [0.5, 0.6) is 0 Å². The Morgan fingerprint density at radius 3 is 3.22 bits per heavy atom. The SMILES string of the molecule is CCOC1CCCN(C(=O)c2ccncc2F)C1. The van der Waals surface area contributed by atoms with Gasteiger partial charge < -0.3 is 9.64 Å². The smallest absolute Gasteiger partial charge is 0.257 e. The highest BCUT2D eigenvalue weighted by atomic mass is 19.1. The van der Waals surface area contributed by atoms with Crippen molar-refractivity contribution in [2.75, 3.05) is 19.7 Å². The minimum absolute atomic E-state index is 0.0672. The van der Waals surface area contributed by atoms with E-state index in [4.69, 9.17) is 4.74 Å². The van der Waals surface area contributed by atoms with Gasteiger partial charge in [-0.2, -0.15) is 0 Å². The van der Waals surface area contributed by atoms with Crippen LogP contribution in [0.25, 0.3) is 0 Å². The Kier molecular flexibility index (Phi) is 4.25. The number of ether oxygens (including phenoxy) is 1. The highest BCUT2D eigenvalue weighted by molar-refractivity contribution is 5.94. The van der Waals surface area contributed by atoms with Crippen molar-refractivity contribution in [3.63, 3.8) is 0 Å². The molecule has 0 bridgehead atoms. The van der Waals surface area contributed by atoms with E-state index in [0.717, 1.165) is 19.0 Å². The standard InChI is InChI=1S/C13H17FN2O2/c1-2-18-10-4-3-7-16(9-10)13(17)11-5-6-15-8-12(11)14/h5-6,8,10H,2-4,7,9H2,1H3. The predicted molar refractivity (Wildman–Crippen MR) is 64.7 cm³/mol. The van der Waals surface area contributed by atoms with Crippen molar-refractivity contribution < 1.29 is 13.9 Å². The fraction of sp³-hybridized carbons (Fsp3) is 0.538. The second-order valence-electron chi connectivity index (χ2n) is 4.33. The number of likely N-dealkylation sites (tertiary alicyclic amines) is 1. The number of piperidine rings is 1. The van der Waals surface area contributed by atoms with Crippen molar-refractivity contribution in [2.45, 2.75) is 25.9 Å². The summed E-state index contributed by atoms with van der Waals surface area (Å²) in [5, 5.41) is 0. The van der Waals surface area contributed by atoms with Crippen LogP contribution >= 0.6 is 0 Å². The molecule has 0 spiro atoms. The van der Waals surface area contributed by atoms with Gasteiger partial charge in [0, 0.05) is 25.9 Å². The second-order valence-corrected chi connectivity index (χ2v) is 4.33. The molecule has 1 saturated heterocycles. The number of nitrogens with zero attached hydrogens (tertiary/aromatic N) is 2. The summed E-state index contributed by atoms with van der Waals surface area (Å²) in [6.45, 7) is 3.76. The van der Waals surface area contributed by atoms with Gasteiger partial charge in [-0.3, -0.25) is 9.78 Å². The Labute approximate surface area is 106 Å². The lowest BCUT2D eigenvalue weighted by Gasteiger charge is -2.32. The van der Waals surface area contributed by atoms with Gasteiger partial charge in [0.2, 0.25) is 0 Å². The molecule has 1 aliphatic heterocycles. The molecule has 1 unspecified atom stereocenters. The molecular weight excluding hydrogens is 235 g/mol. The van der Waals surface area contributed by atoms with Gasteiger partial charge in [0.15, 0.2) is 5.82 Å². The fourth-order valence-electron chi connectivity index (χ4n) is 2.21. The molecule has 0 radical (unpaired) electrons. The second kappa shape index (κ2) is 5.91. The first-order valence-corrected chi connectivity index (χ1v) is 6.22. The monoisotopic (exact) mass is 252 g/mol. The van der Waals surface area contributed by atoms with Crippen LogP contribution in [0.15, 0.2) is 18.5 Å². The first kappa shape index (κ1) is 13.0. The zero-order valence-electron chi connectivity index (χ0n) is 10.4. The van der Waals surface area contributed by atoms with Crippen LogP contribution < -0.4 is 0 Å². The summed E-state index contributed by atoms with van der Waals surface area (Å²) >= 11 is 0. The zero-order chi connectivity index (χ0) is 13.0. The number of hydrogen-bond donors (Lipinski definition) is 0. The summed E-state index contributed by atoms with van der Waals surface area (Å²) in [5.74, 6) is -0.847. The Morgan fingerprint density at radius 1 is 1.67 bits per heavy atom. The number of halogens is 1. The molecule has 0 aliphatic carbocycles. The van der Waals surface area contributed by atoms with Crippen molar-refractivity contribution >= 4 is 5.91 Å². The van der Waals surface area contributed by atoms with Crippen LogP contribution in [0.4, 0.5) is 4.39 Å². The molecular formula is C13H17FN2O2. The maximum Gasteiger partial charge on any atom is 0.257 e. The third-order valence-corrected chi connectivity index (χ3v) is 3.07. The third-order valence-electron chi connectivity index (χ3n) is 3.07. The molecule has 18 heavy (non-hydrogen) atoms. The fourth-order valence-corrected chi connectivity index (χ4v) is 2.21. The summed E-state index contributed by atoms with van der Waals surface area (Å²) in [5.41, 5.74) is 0.0853. The summed E-state index contributed by atoms with van der Waals surface area (Å²) in [6, 6.07) is 1.42. The Hall–Kier alpha value is -1.49. The predicted octanol–water partition coefficient (Wildman–Crippen LogP) is 1.86. The Bertz CT molecular complexity index is 423. The van der Waals surface area contributed by atoms with E-state index in [2.05, 4.69) is 4.98 Å². The highest BCUT2D eigenvalue weighted by Crippen LogP contribution is 2.17. The molecule has 0 saturated carbocycles. The highest BCUT2D eigenvalue weighted by Gasteiger charge is 2.26. The van der Waals surface area contributed by atoms with Crippen LogP contribution in [-0.2, 0) is 4.74 Å². The average Bonchev–Trinajstić information content (AvgIpc) is 2.39. The number of rotatable bonds is 3. The van der Waals surface area contributed by atoms with Crippen molar-refractivity contribution in [3.8, 4) is 0 Å². The van der Waals surface area contributed by atoms with Gasteiger partial charge in [-0.1, -0.05) is 0 Å². The van der Waals surface area contributed by atoms with Gasteiger partial charge in [0.05, 0.1) is 17.9 Å². The van der Waals surface area contributed by atoms with E-state index in [1.54, 1.807) is 4.90 Å². The van der Waals surface area contributed by atoms with Crippen LogP contribution in [-0.4, -0.2) is 41.6 Å². The van der Waals surface area contributed by atoms with Gasteiger partial charge >= 0.3 is 0 Å². The molecule has 5 heteroatoms. The molecule has 0 N–H and O–H groups in total. The van der Waals surface area contributed by atoms with E-state index < -0.39 is 5.82 Å².